The van der Waals surface area contributed by atoms with Crippen LogP contribution in [0, 0.1) is 0 Å². The standard InChI is InChI=1S/AsH3O3.2Li/c2-1(3)4;;/h1H,(H2,2,3,4);;/q;2*+1/p-2. The maximum absolute atomic E-state index is 8.58. The van der Waals surface area contributed by atoms with E-state index in [1.807, 2.05) is 0 Å². The molecule has 0 spiro atoms. The quantitative estimate of drug-likeness (QED) is 0.312. The molecule has 0 aromatic rings. The average molecular weight is 138 g/mol. The van der Waals surface area contributed by atoms with Crippen LogP contribution in [0.1, 0.15) is 0 Å². The van der Waals surface area contributed by atoms with Gasteiger partial charge in [-0.05, 0) is 0 Å². The van der Waals surface area contributed by atoms with E-state index in [2.05, 4.69) is 0 Å². The fourth-order valence-corrected chi connectivity index (χ4v) is 0. The molecule has 6 heteroatoms. The summed E-state index contributed by atoms with van der Waals surface area (Å²) in [5.74, 6) is 0. The summed E-state index contributed by atoms with van der Waals surface area (Å²) >= 11 is -4.08. The Hall–Kier alpha value is 1.47. The molecule has 3 nitrogen and oxygen atoms in total. The van der Waals surface area contributed by atoms with Crippen molar-refractivity contribution in [3.8, 4) is 0 Å². The summed E-state index contributed by atoms with van der Waals surface area (Å²) in [4.78, 5) is 0. The number of rotatable bonds is 0. The van der Waals surface area contributed by atoms with Gasteiger partial charge in [-0.25, -0.2) is 0 Å². The van der Waals surface area contributed by atoms with E-state index in [1.165, 1.54) is 0 Å². The van der Waals surface area contributed by atoms with Crippen molar-refractivity contribution in [2.45, 2.75) is 0 Å². The summed E-state index contributed by atoms with van der Waals surface area (Å²) in [5.41, 5.74) is 0. The first-order valence-corrected chi connectivity index (χ1v) is 3.18. The Morgan fingerprint density at radius 1 is 1.17 bits per heavy atom. The smallest absolute Gasteiger partial charge is 1.00 e. The van der Waals surface area contributed by atoms with Gasteiger partial charge in [-0.15, -0.1) is 0 Å². The van der Waals surface area contributed by atoms with E-state index in [1.54, 1.807) is 0 Å². The molecule has 0 aliphatic heterocycles. The fourth-order valence-electron chi connectivity index (χ4n) is 0. The van der Waals surface area contributed by atoms with Crippen LogP contribution in [0.3, 0.4) is 0 Å². The van der Waals surface area contributed by atoms with Crippen molar-refractivity contribution >= 4 is 15.3 Å². The molecule has 0 aliphatic carbocycles. The minimum atomic E-state index is -4.08. The topological polar surface area (TPSA) is 63.2 Å². The molecule has 0 aromatic carbocycles. The van der Waals surface area contributed by atoms with Crippen molar-refractivity contribution in [3.05, 3.63) is 0 Å². The van der Waals surface area contributed by atoms with E-state index in [4.69, 9.17) is 11.9 Å². The summed E-state index contributed by atoms with van der Waals surface area (Å²) in [7, 11) is 0. The van der Waals surface area contributed by atoms with Gasteiger partial charge in [0.05, 0.1) is 0 Å². The monoisotopic (exact) mass is 138 g/mol. The van der Waals surface area contributed by atoms with Gasteiger partial charge >= 0.3 is 64.9 Å². The van der Waals surface area contributed by atoms with Gasteiger partial charge in [0.15, 0.2) is 0 Å². The van der Waals surface area contributed by atoms with Gasteiger partial charge in [0.25, 0.3) is 0 Å². The zero-order chi connectivity index (χ0) is 3.58. The van der Waals surface area contributed by atoms with Crippen LogP contribution in [0.25, 0.3) is 0 Å². The summed E-state index contributed by atoms with van der Waals surface area (Å²) in [6.45, 7) is 0. The molecule has 0 radical (unpaired) electrons. The van der Waals surface area contributed by atoms with Gasteiger partial charge in [0.1, 0.15) is 0 Å². The molecule has 6 heavy (non-hydrogen) atoms. The zero-order valence-corrected chi connectivity index (χ0v) is 5.82. The minimum absolute atomic E-state index is 0. The molecule has 0 atom stereocenters. The maximum Gasteiger partial charge on any atom is 1.00 e. The number of hydrogen-bond donors (Lipinski definition) is 0. The fraction of sp³-hybridized carbons (Fsp3) is 0. The Morgan fingerprint density at radius 2 is 1.17 bits per heavy atom. The molecule has 0 unspecified atom stereocenters. The third-order valence-corrected chi connectivity index (χ3v) is 0. The van der Waals surface area contributed by atoms with E-state index >= 15 is 0 Å². The molecule has 0 heterocycles. The predicted octanol–water partition coefficient (Wildman–Crippen LogP) is -9.14. The number of hydrogen-bond acceptors (Lipinski definition) is 3. The van der Waals surface area contributed by atoms with Crippen LogP contribution in [-0.2, 0) is 3.74 Å². The Morgan fingerprint density at radius 3 is 1.17 bits per heavy atom. The van der Waals surface area contributed by atoms with Crippen molar-refractivity contribution in [2.75, 3.05) is 0 Å². The van der Waals surface area contributed by atoms with E-state index in [-0.39, 0.29) is 37.7 Å². The Balaban J connectivity index is -0.0000000450. The van der Waals surface area contributed by atoms with Gasteiger partial charge in [-0.2, -0.15) is 0 Å². The Kier molecular flexibility index (Phi) is 25.3. The van der Waals surface area contributed by atoms with Crippen LogP contribution in [0.4, 0.5) is 0 Å². The van der Waals surface area contributed by atoms with Gasteiger partial charge in [0.2, 0.25) is 0 Å². The SMILES string of the molecule is O=[AsH]([O-])[O-].[Li+].[Li+]. The first-order valence-electron chi connectivity index (χ1n) is 0.612. The van der Waals surface area contributed by atoms with Crippen LogP contribution >= 0.6 is 0 Å². The molecule has 0 bridgehead atoms. The van der Waals surface area contributed by atoms with E-state index in [0.29, 0.717) is 0 Å². The van der Waals surface area contributed by atoms with Gasteiger partial charge < -0.3 is 0 Å². The second-order valence-electron chi connectivity index (χ2n) is 0.250. The summed E-state index contributed by atoms with van der Waals surface area (Å²) < 4.78 is 25.8. The van der Waals surface area contributed by atoms with E-state index in [0.717, 1.165) is 0 Å². The molecule has 0 rings (SSSR count). The van der Waals surface area contributed by atoms with Crippen LogP contribution in [0.15, 0.2) is 0 Å². The minimum Gasteiger partial charge on any atom is 1.00 e. The van der Waals surface area contributed by atoms with Gasteiger partial charge in [-0.3, -0.25) is 0 Å². The van der Waals surface area contributed by atoms with E-state index < -0.39 is 15.3 Å². The molecule has 26 valence electrons. The van der Waals surface area contributed by atoms with Crippen LogP contribution in [0.5, 0.6) is 0 Å². The molecular weight excluding hydrogens is 137 g/mol. The molecule has 0 aromatic heterocycles. The van der Waals surface area contributed by atoms with Crippen LogP contribution < -0.4 is 45.9 Å². The largest absolute Gasteiger partial charge is 1.00 e. The van der Waals surface area contributed by atoms with Gasteiger partial charge in [-0.1, -0.05) is 0 Å². The van der Waals surface area contributed by atoms with Gasteiger partial charge in [0, 0.05) is 0 Å². The maximum atomic E-state index is 8.58. The predicted molar refractivity (Wildman–Crippen MR) is 7.84 cm³/mol. The first kappa shape index (κ1) is 15.6. The molecule has 0 N–H and O–H groups in total. The molecule has 0 fully saturated rings. The van der Waals surface area contributed by atoms with Crippen molar-refractivity contribution in [2.24, 2.45) is 0 Å². The zero-order valence-electron chi connectivity index (χ0n) is 3.72. The summed E-state index contributed by atoms with van der Waals surface area (Å²) in [6.07, 6.45) is 0. The third-order valence-electron chi connectivity index (χ3n) is 0. The first-order chi connectivity index (χ1) is 1.73. The van der Waals surface area contributed by atoms with E-state index in [9.17, 15) is 0 Å². The summed E-state index contributed by atoms with van der Waals surface area (Å²) in [5, 5.41) is 0. The third kappa shape index (κ3) is 50.5. The molecule has 0 amide bonds. The molecule has 0 aliphatic rings. The Labute approximate surface area is 64.7 Å². The normalized spacial score (nSPS) is 5.83. The van der Waals surface area contributed by atoms with Crippen LogP contribution in [-0.4, -0.2) is 15.3 Å². The van der Waals surface area contributed by atoms with Crippen molar-refractivity contribution in [1.29, 1.82) is 0 Å². The summed E-state index contributed by atoms with van der Waals surface area (Å²) in [6, 6.07) is 0. The van der Waals surface area contributed by atoms with Crippen LogP contribution in [0.2, 0.25) is 0 Å². The van der Waals surface area contributed by atoms with Crippen molar-refractivity contribution < 1.29 is 49.7 Å². The second-order valence-corrected chi connectivity index (χ2v) is 1.30. The van der Waals surface area contributed by atoms with Crippen molar-refractivity contribution in [3.63, 3.8) is 0 Å². The molecular formula is HAsLi2O3. The second kappa shape index (κ2) is 9.69. The molecule has 0 saturated heterocycles. The average Bonchev–Trinajstić information content (AvgIpc) is 0.811. The molecule has 0 saturated carbocycles. The Bertz CT molecular complexity index is 31.8. The van der Waals surface area contributed by atoms with Crippen molar-refractivity contribution in [1.82, 2.24) is 0 Å².